The number of benzene rings is 1. The van der Waals surface area contributed by atoms with Crippen LogP contribution in [-0.2, 0) is 13.0 Å². The molecule has 148 valence electrons. The number of nitrogens with zero attached hydrogens (tertiary/aromatic N) is 2. The fourth-order valence-electron chi connectivity index (χ4n) is 4.77. The number of piperidine rings is 1. The van der Waals surface area contributed by atoms with Crippen LogP contribution >= 0.6 is 0 Å². The molecule has 3 heterocycles. The van der Waals surface area contributed by atoms with Crippen molar-refractivity contribution in [3.05, 3.63) is 65.0 Å². The molecule has 5 nitrogen and oxygen atoms in total. The molecule has 2 aliphatic rings. The molecule has 0 radical (unpaired) electrons. The number of aromatic carboxylic acids is 1. The molecule has 2 bridgehead atoms. The minimum Gasteiger partial charge on any atom is -0.478 e. The summed E-state index contributed by atoms with van der Waals surface area (Å²) in [6, 6.07) is 6.76. The van der Waals surface area contributed by atoms with E-state index in [0.717, 1.165) is 18.9 Å². The third-order valence-electron chi connectivity index (χ3n) is 5.99. The summed E-state index contributed by atoms with van der Waals surface area (Å²) in [6.45, 7) is 0.415. The molecule has 0 aliphatic carbocycles. The number of aliphatic hydroxyl groups is 1. The second-order valence-corrected chi connectivity index (χ2v) is 7.91. The Balaban J connectivity index is 1.51. The highest BCUT2D eigenvalue weighted by Crippen LogP contribution is 2.43. The standard InChI is InChI=1S/C21H22F2N2O3/c22-14-4-3-13(18(23)8-14)9-21(28)10-15-5-6-16(11-21)25(15)12-19-17(20(26)27)2-1-7-24-19/h1-4,7-8,15-16,28H,5-6,9-12H2,(H,26,27). The van der Waals surface area contributed by atoms with Gasteiger partial charge in [-0.05, 0) is 49.4 Å². The number of hydrogen-bond acceptors (Lipinski definition) is 4. The van der Waals surface area contributed by atoms with Crippen LogP contribution in [0.25, 0.3) is 0 Å². The van der Waals surface area contributed by atoms with Crippen molar-refractivity contribution in [3.8, 4) is 0 Å². The number of fused-ring (bicyclic) bond motifs is 2. The first kappa shape index (κ1) is 19.0. The van der Waals surface area contributed by atoms with Crippen molar-refractivity contribution < 1.29 is 23.8 Å². The van der Waals surface area contributed by atoms with Crippen molar-refractivity contribution in [1.82, 2.24) is 9.88 Å². The van der Waals surface area contributed by atoms with Crippen molar-refractivity contribution in [2.45, 2.75) is 56.3 Å². The molecule has 4 rings (SSSR count). The molecule has 0 amide bonds. The van der Waals surface area contributed by atoms with E-state index >= 15 is 0 Å². The second kappa shape index (κ2) is 7.22. The molecule has 2 N–H and O–H groups in total. The van der Waals surface area contributed by atoms with E-state index in [1.807, 2.05) is 0 Å². The molecular formula is C21H22F2N2O3. The van der Waals surface area contributed by atoms with Gasteiger partial charge >= 0.3 is 5.97 Å². The van der Waals surface area contributed by atoms with Gasteiger partial charge in [-0.2, -0.15) is 0 Å². The predicted molar refractivity (Wildman–Crippen MR) is 97.8 cm³/mol. The van der Waals surface area contributed by atoms with E-state index < -0.39 is 23.2 Å². The molecule has 2 unspecified atom stereocenters. The average Bonchev–Trinajstić information content (AvgIpc) is 2.89. The lowest BCUT2D eigenvalue weighted by Crippen LogP contribution is -2.51. The summed E-state index contributed by atoms with van der Waals surface area (Å²) >= 11 is 0. The molecule has 2 fully saturated rings. The SMILES string of the molecule is O=C(O)c1cccnc1CN1C2CCC1CC(O)(Cc1ccc(F)cc1F)C2. The summed E-state index contributed by atoms with van der Waals surface area (Å²) in [4.78, 5) is 17.9. The van der Waals surface area contributed by atoms with E-state index in [0.29, 0.717) is 30.6 Å². The van der Waals surface area contributed by atoms with E-state index in [1.54, 1.807) is 18.3 Å². The number of carboxylic acid groups (broad SMARTS) is 1. The van der Waals surface area contributed by atoms with Crippen LogP contribution in [0.4, 0.5) is 8.78 Å². The first-order chi connectivity index (χ1) is 13.3. The average molecular weight is 388 g/mol. The third-order valence-corrected chi connectivity index (χ3v) is 5.99. The van der Waals surface area contributed by atoms with Crippen molar-refractivity contribution in [2.24, 2.45) is 0 Å². The zero-order valence-electron chi connectivity index (χ0n) is 15.3. The Labute approximate surface area is 161 Å². The van der Waals surface area contributed by atoms with E-state index in [9.17, 15) is 23.8 Å². The van der Waals surface area contributed by atoms with Gasteiger partial charge in [0.1, 0.15) is 11.6 Å². The molecule has 0 saturated carbocycles. The summed E-state index contributed by atoms with van der Waals surface area (Å²) in [5.74, 6) is -2.27. The summed E-state index contributed by atoms with van der Waals surface area (Å²) in [7, 11) is 0. The third kappa shape index (κ3) is 3.64. The molecule has 0 spiro atoms. The highest BCUT2D eigenvalue weighted by molar-refractivity contribution is 5.88. The topological polar surface area (TPSA) is 73.7 Å². The van der Waals surface area contributed by atoms with Crippen LogP contribution in [0.3, 0.4) is 0 Å². The summed E-state index contributed by atoms with van der Waals surface area (Å²) in [5.41, 5.74) is -0.0338. The monoisotopic (exact) mass is 388 g/mol. The van der Waals surface area contributed by atoms with E-state index in [2.05, 4.69) is 9.88 Å². The number of pyridine rings is 1. The maximum Gasteiger partial charge on any atom is 0.337 e. The molecule has 2 saturated heterocycles. The lowest BCUT2D eigenvalue weighted by molar-refractivity contribution is -0.0548. The highest BCUT2D eigenvalue weighted by atomic mass is 19.1. The predicted octanol–water partition coefficient (Wildman–Crippen LogP) is 3.16. The molecule has 1 aromatic carbocycles. The molecule has 2 aliphatic heterocycles. The van der Waals surface area contributed by atoms with Crippen LogP contribution in [0.15, 0.2) is 36.5 Å². The quantitative estimate of drug-likeness (QED) is 0.823. The molecule has 7 heteroatoms. The summed E-state index contributed by atoms with van der Waals surface area (Å²) in [5, 5.41) is 20.5. The number of rotatable bonds is 5. The Hall–Kier alpha value is -2.38. The van der Waals surface area contributed by atoms with Crippen LogP contribution in [0.5, 0.6) is 0 Å². The van der Waals surface area contributed by atoms with Gasteiger partial charge < -0.3 is 10.2 Å². The van der Waals surface area contributed by atoms with E-state index in [1.165, 1.54) is 12.1 Å². The molecule has 28 heavy (non-hydrogen) atoms. The lowest BCUT2D eigenvalue weighted by atomic mass is 9.81. The maximum atomic E-state index is 14.0. The van der Waals surface area contributed by atoms with Gasteiger partial charge in [0.2, 0.25) is 0 Å². The first-order valence-electron chi connectivity index (χ1n) is 9.44. The number of halogens is 2. The Morgan fingerprint density at radius 3 is 2.57 bits per heavy atom. The van der Waals surface area contributed by atoms with E-state index in [-0.39, 0.29) is 24.1 Å². The number of carbonyl (C=O) groups is 1. The van der Waals surface area contributed by atoms with Gasteiger partial charge in [0, 0.05) is 37.3 Å². The lowest BCUT2D eigenvalue weighted by Gasteiger charge is -2.44. The highest BCUT2D eigenvalue weighted by Gasteiger charge is 2.47. The van der Waals surface area contributed by atoms with Crippen molar-refractivity contribution in [1.29, 1.82) is 0 Å². The fraction of sp³-hybridized carbons (Fsp3) is 0.429. The van der Waals surface area contributed by atoms with Crippen LogP contribution in [0.2, 0.25) is 0 Å². The molecule has 2 atom stereocenters. The molecule has 2 aromatic rings. The van der Waals surface area contributed by atoms with Gasteiger partial charge in [-0.1, -0.05) is 6.07 Å². The molecular weight excluding hydrogens is 366 g/mol. The van der Waals surface area contributed by atoms with Gasteiger partial charge in [-0.25, -0.2) is 13.6 Å². The Morgan fingerprint density at radius 1 is 1.21 bits per heavy atom. The minimum absolute atomic E-state index is 0.0795. The van der Waals surface area contributed by atoms with Gasteiger partial charge in [0.25, 0.3) is 0 Å². The largest absolute Gasteiger partial charge is 0.478 e. The van der Waals surface area contributed by atoms with E-state index in [4.69, 9.17) is 0 Å². The van der Waals surface area contributed by atoms with Gasteiger partial charge in [-0.3, -0.25) is 9.88 Å². The van der Waals surface area contributed by atoms with Crippen LogP contribution < -0.4 is 0 Å². The first-order valence-corrected chi connectivity index (χ1v) is 9.44. The van der Waals surface area contributed by atoms with Crippen molar-refractivity contribution in [3.63, 3.8) is 0 Å². The fourth-order valence-corrected chi connectivity index (χ4v) is 4.77. The van der Waals surface area contributed by atoms with Crippen molar-refractivity contribution in [2.75, 3.05) is 0 Å². The Kier molecular flexibility index (Phi) is 4.89. The zero-order chi connectivity index (χ0) is 19.9. The second-order valence-electron chi connectivity index (χ2n) is 7.91. The number of hydrogen-bond donors (Lipinski definition) is 2. The minimum atomic E-state index is -1.05. The normalized spacial score (nSPS) is 27.1. The van der Waals surface area contributed by atoms with Crippen LogP contribution in [0.1, 0.15) is 47.3 Å². The molecule has 1 aromatic heterocycles. The zero-order valence-corrected chi connectivity index (χ0v) is 15.3. The van der Waals surface area contributed by atoms with Gasteiger partial charge in [0.15, 0.2) is 0 Å². The van der Waals surface area contributed by atoms with Crippen LogP contribution in [-0.4, -0.2) is 43.8 Å². The van der Waals surface area contributed by atoms with Crippen LogP contribution in [0, 0.1) is 11.6 Å². The van der Waals surface area contributed by atoms with Crippen molar-refractivity contribution >= 4 is 5.97 Å². The number of carboxylic acids is 1. The Bertz CT molecular complexity index is 891. The Morgan fingerprint density at radius 2 is 1.93 bits per heavy atom. The number of aromatic nitrogens is 1. The summed E-state index contributed by atoms with van der Waals surface area (Å²) in [6.07, 6.45) is 4.46. The van der Waals surface area contributed by atoms with Gasteiger partial charge in [0.05, 0.1) is 16.9 Å². The summed E-state index contributed by atoms with van der Waals surface area (Å²) < 4.78 is 27.2. The maximum absolute atomic E-state index is 14.0. The van der Waals surface area contributed by atoms with Gasteiger partial charge in [-0.15, -0.1) is 0 Å². The smallest absolute Gasteiger partial charge is 0.337 e.